The minimum absolute atomic E-state index is 0.0558. The summed E-state index contributed by atoms with van der Waals surface area (Å²) in [5.74, 6) is -1.13. The lowest BCUT2D eigenvalue weighted by Crippen LogP contribution is -2.23. The van der Waals surface area contributed by atoms with E-state index in [9.17, 15) is 13.6 Å². The summed E-state index contributed by atoms with van der Waals surface area (Å²) >= 11 is 0. The number of hydrogen-bond acceptors (Lipinski definition) is 5. The molecule has 1 amide bonds. The van der Waals surface area contributed by atoms with Crippen LogP contribution in [-0.2, 0) is 6.54 Å². The normalized spacial score (nSPS) is 11.5. The molecular formula is C25H18F2N6O. The Bertz CT molecular complexity index is 1540. The predicted molar refractivity (Wildman–Crippen MR) is 126 cm³/mol. The Morgan fingerprint density at radius 2 is 1.56 bits per heavy atom. The average Bonchev–Trinajstić information content (AvgIpc) is 3.11. The number of aromatic nitrogens is 3. The number of para-hydroxylation sites is 2. The smallest absolute Gasteiger partial charge is 0.257 e. The fraction of sp³-hybridized carbons (Fsp3) is 0.0400. The maximum Gasteiger partial charge on any atom is 0.257 e. The second kappa shape index (κ2) is 8.70. The zero-order valence-corrected chi connectivity index (χ0v) is 17.7. The van der Waals surface area contributed by atoms with Gasteiger partial charge in [-0.3, -0.25) is 4.79 Å². The van der Waals surface area contributed by atoms with Gasteiger partial charge in [0.2, 0.25) is 0 Å². The highest BCUT2D eigenvalue weighted by molar-refractivity contribution is 6.10. The first-order chi connectivity index (χ1) is 16.5. The van der Waals surface area contributed by atoms with Crippen LogP contribution in [-0.4, -0.2) is 26.8 Å². The van der Waals surface area contributed by atoms with Gasteiger partial charge in [-0.1, -0.05) is 36.4 Å². The summed E-state index contributed by atoms with van der Waals surface area (Å²) in [5, 5.41) is 7.18. The number of nitrogens with one attached hydrogen (secondary N) is 1. The SMILES string of the molecule is Nc1c(C(=O)NCc2ccc(F)cc2)c2nc3ccccc3nc2n1N=Cc1ccc(F)cc1. The van der Waals surface area contributed by atoms with Crippen molar-refractivity contribution in [2.45, 2.75) is 6.54 Å². The van der Waals surface area contributed by atoms with Crippen molar-refractivity contribution in [3.05, 3.63) is 101 Å². The van der Waals surface area contributed by atoms with Gasteiger partial charge in [-0.15, -0.1) is 0 Å². The van der Waals surface area contributed by atoms with E-state index in [1.165, 1.54) is 35.2 Å². The van der Waals surface area contributed by atoms with Crippen molar-refractivity contribution >= 4 is 40.1 Å². The summed E-state index contributed by atoms with van der Waals surface area (Å²) in [4.78, 5) is 22.4. The third-order valence-electron chi connectivity index (χ3n) is 5.26. The molecule has 0 bridgehead atoms. The van der Waals surface area contributed by atoms with Crippen LogP contribution >= 0.6 is 0 Å². The Hall–Kier alpha value is -4.66. The standard InChI is InChI=1S/C25H18F2N6O/c26-17-9-5-15(6-10-17)13-29-25(34)21-22-24(32-20-4-2-1-3-19(20)31-22)33(23(21)28)30-14-16-7-11-18(27)12-8-16/h1-12,14H,13,28H2,(H,29,34). The molecule has 0 spiro atoms. The summed E-state index contributed by atoms with van der Waals surface area (Å²) in [6, 6.07) is 18.8. The fourth-order valence-corrected chi connectivity index (χ4v) is 3.53. The van der Waals surface area contributed by atoms with Crippen LogP contribution in [0.1, 0.15) is 21.5 Å². The van der Waals surface area contributed by atoms with E-state index < -0.39 is 5.91 Å². The molecule has 0 fully saturated rings. The number of benzene rings is 3. The quantitative estimate of drug-likeness (QED) is 0.386. The number of carbonyl (C=O) groups is 1. The molecule has 3 N–H and O–H groups in total. The summed E-state index contributed by atoms with van der Waals surface area (Å²) in [5.41, 5.74) is 9.67. The Kier molecular flexibility index (Phi) is 5.43. The van der Waals surface area contributed by atoms with Crippen LogP contribution in [0.4, 0.5) is 14.6 Å². The highest BCUT2D eigenvalue weighted by Gasteiger charge is 2.24. The molecule has 3 aromatic carbocycles. The molecule has 0 atom stereocenters. The second-order valence-corrected chi connectivity index (χ2v) is 7.56. The molecule has 34 heavy (non-hydrogen) atoms. The van der Waals surface area contributed by atoms with E-state index in [4.69, 9.17) is 5.73 Å². The average molecular weight is 456 g/mol. The molecule has 0 unspecified atom stereocenters. The highest BCUT2D eigenvalue weighted by atomic mass is 19.1. The summed E-state index contributed by atoms with van der Waals surface area (Å²) in [6.45, 7) is 0.172. The third kappa shape index (κ3) is 4.06. The Morgan fingerprint density at radius 1 is 0.941 bits per heavy atom. The predicted octanol–water partition coefficient (Wildman–Crippen LogP) is 4.26. The second-order valence-electron chi connectivity index (χ2n) is 7.56. The van der Waals surface area contributed by atoms with Crippen LogP contribution in [0.2, 0.25) is 0 Å². The Morgan fingerprint density at radius 3 is 2.24 bits per heavy atom. The zero-order chi connectivity index (χ0) is 23.7. The largest absolute Gasteiger partial charge is 0.383 e. The molecule has 0 radical (unpaired) electrons. The minimum Gasteiger partial charge on any atom is -0.383 e. The molecular weight excluding hydrogens is 438 g/mol. The number of fused-ring (bicyclic) bond motifs is 2. The first kappa shape index (κ1) is 21.2. The number of nitrogens with zero attached hydrogens (tertiary/aromatic N) is 4. The van der Waals surface area contributed by atoms with E-state index in [1.54, 1.807) is 36.4 Å². The lowest BCUT2D eigenvalue weighted by atomic mass is 10.2. The molecule has 0 aliphatic rings. The summed E-state index contributed by atoms with van der Waals surface area (Å²) < 4.78 is 27.7. The van der Waals surface area contributed by atoms with Gasteiger partial charge in [0.1, 0.15) is 28.5 Å². The molecule has 0 aliphatic heterocycles. The zero-order valence-electron chi connectivity index (χ0n) is 17.7. The maximum absolute atomic E-state index is 13.2. The molecule has 5 aromatic rings. The van der Waals surface area contributed by atoms with Gasteiger partial charge in [0, 0.05) is 6.54 Å². The van der Waals surface area contributed by atoms with Crippen molar-refractivity contribution < 1.29 is 13.6 Å². The van der Waals surface area contributed by atoms with Crippen molar-refractivity contribution in [2.24, 2.45) is 5.10 Å². The lowest BCUT2D eigenvalue weighted by Gasteiger charge is -2.06. The first-order valence-electron chi connectivity index (χ1n) is 10.4. The number of carbonyl (C=O) groups excluding carboxylic acids is 1. The number of rotatable bonds is 5. The molecule has 5 rings (SSSR count). The van der Waals surface area contributed by atoms with Crippen molar-refractivity contribution in [1.82, 2.24) is 20.0 Å². The van der Waals surface area contributed by atoms with Crippen molar-refractivity contribution in [2.75, 3.05) is 5.73 Å². The molecule has 9 heteroatoms. The minimum atomic E-state index is -0.466. The lowest BCUT2D eigenvalue weighted by molar-refractivity contribution is 0.0953. The molecule has 0 aliphatic carbocycles. The van der Waals surface area contributed by atoms with E-state index in [2.05, 4.69) is 20.4 Å². The number of amides is 1. The van der Waals surface area contributed by atoms with Gasteiger partial charge >= 0.3 is 0 Å². The number of nitrogen functional groups attached to an aromatic ring is 1. The van der Waals surface area contributed by atoms with Crippen LogP contribution in [0.5, 0.6) is 0 Å². The van der Waals surface area contributed by atoms with Crippen LogP contribution in [0.25, 0.3) is 22.2 Å². The van der Waals surface area contributed by atoms with E-state index >= 15 is 0 Å². The number of hydrogen-bond donors (Lipinski definition) is 2. The number of nitrogens with two attached hydrogens (primary N) is 1. The van der Waals surface area contributed by atoms with Gasteiger partial charge in [0.15, 0.2) is 5.65 Å². The fourth-order valence-electron chi connectivity index (χ4n) is 3.53. The van der Waals surface area contributed by atoms with E-state index in [-0.39, 0.29) is 29.6 Å². The van der Waals surface area contributed by atoms with Gasteiger partial charge in [-0.25, -0.2) is 18.7 Å². The summed E-state index contributed by atoms with van der Waals surface area (Å²) in [6.07, 6.45) is 1.49. The molecule has 2 heterocycles. The van der Waals surface area contributed by atoms with Gasteiger partial charge < -0.3 is 11.1 Å². The number of halogens is 2. The first-order valence-corrected chi connectivity index (χ1v) is 10.4. The van der Waals surface area contributed by atoms with Gasteiger partial charge in [0.25, 0.3) is 5.91 Å². The van der Waals surface area contributed by atoms with Crippen LogP contribution in [0, 0.1) is 11.6 Å². The molecule has 7 nitrogen and oxygen atoms in total. The Labute approximate surface area is 192 Å². The van der Waals surface area contributed by atoms with Crippen LogP contribution in [0.15, 0.2) is 77.9 Å². The Balaban J connectivity index is 1.57. The van der Waals surface area contributed by atoms with E-state index in [0.29, 0.717) is 27.8 Å². The maximum atomic E-state index is 13.2. The van der Waals surface area contributed by atoms with Gasteiger partial charge in [-0.05, 0) is 47.5 Å². The molecule has 168 valence electrons. The van der Waals surface area contributed by atoms with E-state index in [0.717, 1.165) is 5.56 Å². The molecule has 0 saturated carbocycles. The van der Waals surface area contributed by atoms with Crippen molar-refractivity contribution in [1.29, 1.82) is 0 Å². The van der Waals surface area contributed by atoms with Gasteiger partial charge in [0.05, 0.1) is 17.2 Å². The summed E-state index contributed by atoms with van der Waals surface area (Å²) in [7, 11) is 0. The topological polar surface area (TPSA) is 98.2 Å². The third-order valence-corrected chi connectivity index (χ3v) is 5.26. The van der Waals surface area contributed by atoms with Crippen LogP contribution < -0.4 is 11.1 Å². The van der Waals surface area contributed by atoms with Crippen molar-refractivity contribution in [3.8, 4) is 0 Å². The monoisotopic (exact) mass is 456 g/mol. The molecule has 2 aromatic heterocycles. The number of anilines is 1. The van der Waals surface area contributed by atoms with E-state index in [1.807, 2.05) is 12.1 Å². The molecule has 0 saturated heterocycles. The van der Waals surface area contributed by atoms with Crippen LogP contribution in [0.3, 0.4) is 0 Å². The van der Waals surface area contributed by atoms with Crippen molar-refractivity contribution in [3.63, 3.8) is 0 Å². The highest BCUT2D eigenvalue weighted by Crippen LogP contribution is 2.28. The van der Waals surface area contributed by atoms with Gasteiger partial charge in [-0.2, -0.15) is 9.78 Å².